The Labute approximate surface area is 101 Å². The number of carbonyl (C=O) groups is 1. The summed E-state index contributed by atoms with van der Waals surface area (Å²) in [7, 11) is 0. The number of rotatable bonds is 5. The van der Waals surface area contributed by atoms with Crippen molar-refractivity contribution >= 4 is 5.91 Å². The zero-order valence-corrected chi connectivity index (χ0v) is 10.4. The monoisotopic (exact) mass is 246 g/mol. The van der Waals surface area contributed by atoms with Gasteiger partial charge in [-0.2, -0.15) is 0 Å². The van der Waals surface area contributed by atoms with Gasteiger partial charge >= 0.3 is 0 Å². The predicted molar refractivity (Wildman–Crippen MR) is 62.2 cm³/mol. The average Bonchev–Trinajstić information content (AvgIpc) is 2.68. The zero-order chi connectivity index (χ0) is 13.1. The molecule has 1 heterocycles. The van der Waals surface area contributed by atoms with E-state index in [4.69, 9.17) is 10.5 Å². The molecule has 1 fully saturated rings. The number of hydrogen-bond acceptors (Lipinski definition) is 5. The van der Waals surface area contributed by atoms with Crippen LogP contribution >= 0.6 is 0 Å². The van der Waals surface area contributed by atoms with E-state index in [-0.39, 0.29) is 31.8 Å². The number of ether oxygens (including phenoxy) is 1. The molecule has 2 unspecified atom stereocenters. The molecule has 0 spiro atoms. The van der Waals surface area contributed by atoms with Crippen molar-refractivity contribution in [3.63, 3.8) is 0 Å². The molecule has 0 aromatic rings. The van der Waals surface area contributed by atoms with Crippen LogP contribution in [0.25, 0.3) is 0 Å². The third kappa shape index (κ3) is 2.60. The lowest BCUT2D eigenvalue weighted by atomic mass is 9.83. The SMILES string of the molecule is CCC(CO)(CO)NC(=O)C1(C)COCC1N. The van der Waals surface area contributed by atoms with E-state index in [0.29, 0.717) is 13.0 Å². The van der Waals surface area contributed by atoms with Crippen molar-refractivity contribution in [3.8, 4) is 0 Å². The van der Waals surface area contributed by atoms with Crippen LogP contribution in [0.4, 0.5) is 0 Å². The first kappa shape index (κ1) is 14.4. The minimum atomic E-state index is -0.984. The molecule has 100 valence electrons. The van der Waals surface area contributed by atoms with Gasteiger partial charge in [0.05, 0.1) is 37.4 Å². The topological polar surface area (TPSA) is 105 Å². The van der Waals surface area contributed by atoms with Gasteiger partial charge in [-0.1, -0.05) is 6.92 Å². The van der Waals surface area contributed by atoms with E-state index in [9.17, 15) is 15.0 Å². The van der Waals surface area contributed by atoms with Gasteiger partial charge in [0.1, 0.15) is 0 Å². The van der Waals surface area contributed by atoms with Gasteiger partial charge in [0.15, 0.2) is 0 Å². The van der Waals surface area contributed by atoms with E-state index < -0.39 is 11.0 Å². The third-order valence-corrected chi connectivity index (χ3v) is 3.70. The Balaban J connectivity index is 2.77. The molecule has 2 atom stereocenters. The lowest BCUT2D eigenvalue weighted by Crippen LogP contribution is -2.60. The fraction of sp³-hybridized carbons (Fsp3) is 0.909. The van der Waals surface area contributed by atoms with Gasteiger partial charge in [-0.3, -0.25) is 4.79 Å². The number of nitrogens with two attached hydrogens (primary N) is 1. The summed E-state index contributed by atoms with van der Waals surface area (Å²) >= 11 is 0. The maximum Gasteiger partial charge on any atom is 0.230 e. The minimum absolute atomic E-state index is 0.261. The van der Waals surface area contributed by atoms with Gasteiger partial charge in [0.2, 0.25) is 5.91 Å². The molecule has 0 aromatic heterocycles. The van der Waals surface area contributed by atoms with E-state index in [1.54, 1.807) is 13.8 Å². The molecule has 0 bridgehead atoms. The van der Waals surface area contributed by atoms with Gasteiger partial charge in [0.25, 0.3) is 0 Å². The van der Waals surface area contributed by atoms with Crippen molar-refractivity contribution in [2.75, 3.05) is 26.4 Å². The van der Waals surface area contributed by atoms with Crippen molar-refractivity contribution in [3.05, 3.63) is 0 Å². The predicted octanol–water partition coefficient (Wildman–Crippen LogP) is -1.40. The number of hydrogen-bond donors (Lipinski definition) is 4. The minimum Gasteiger partial charge on any atom is -0.394 e. The second-order valence-corrected chi connectivity index (χ2v) is 4.94. The summed E-state index contributed by atoms with van der Waals surface area (Å²) in [4.78, 5) is 12.2. The Morgan fingerprint density at radius 1 is 1.59 bits per heavy atom. The molecule has 1 amide bonds. The smallest absolute Gasteiger partial charge is 0.230 e. The van der Waals surface area contributed by atoms with Gasteiger partial charge in [-0.05, 0) is 13.3 Å². The maximum atomic E-state index is 12.2. The summed E-state index contributed by atoms with van der Waals surface area (Å²) in [6.07, 6.45) is 0.442. The van der Waals surface area contributed by atoms with Crippen molar-refractivity contribution in [2.45, 2.75) is 31.8 Å². The standard InChI is InChI=1S/C11H22N2O4/c1-3-11(5-14,6-15)13-9(16)10(2)7-17-4-8(10)12/h8,14-15H,3-7,12H2,1-2H3,(H,13,16). The molecular formula is C11H22N2O4. The van der Waals surface area contributed by atoms with Crippen LogP contribution in [0.1, 0.15) is 20.3 Å². The van der Waals surface area contributed by atoms with Crippen LogP contribution in [-0.4, -0.2) is 54.1 Å². The molecule has 0 saturated carbocycles. The molecule has 1 aliphatic heterocycles. The summed E-state index contributed by atoms with van der Waals surface area (Å²) in [6.45, 7) is 3.52. The Hall–Kier alpha value is -0.690. The average molecular weight is 246 g/mol. The summed E-state index contributed by atoms with van der Waals surface area (Å²) in [5, 5.41) is 21.3. The molecule has 5 N–H and O–H groups in total. The van der Waals surface area contributed by atoms with Crippen LogP contribution in [0.15, 0.2) is 0 Å². The largest absolute Gasteiger partial charge is 0.394 e. The van der Waals surface area contributed by atoms with Crippen molar-refractivity contribution in [1.82, 2.24) is 5.32 Å². The second-order valence-electron chi connectivity index (χ2n) is 4.94. The summed E-state index contributed by atoms with van der Waals surface area (Å²) in [5.41, 5.74) is 4.06. The van der Waals surface area contributed by atoms with Crippen LogP contribution in [-0.2, 0) is 9.53 Å². The molecule has 1 rings (SSSR count). The first-order chi connectivity index (χ1) is 7.94. The Kier molecular flexibility index (Phi) is 4.48. The number of nitrogens with one attached hydrogen (secondary N) is 1. The van der Waals surface area contributed by atoms with Crippen LogP contribution in [0.2, 0.25) is 0 Å². The van der Waals surface area contributed by atoms with Gasteiger partial charge in [0, 0.05) is 6.04 Å². The highest BCUT2D eigenvalue weighted by atomic mass is 16.5. The van der Waals surface area contributed by atoms with Crippen LogP contribution in [0.3, 0.4) is 0 Å². The fourth-order valence-electron chi connectivity index (χ4n) is 1.75. The van der Waals surface area contributed by atoms with Crippen LogP contribution in [0.5, 0.6) is 0 Å². The Morgan fingerprint density at radius 3 is 2.53 bits per heavy atom. The number of carbonyl (C=O) groups excluding carboxylic acids is 1. The highest BCUT2D eigenvalue weighted by molar-refractivity contribution is 5.84. The second kappa shape index (κ2) is 5.30. The summed E-state index contributed by atoms with van der Waals surface area (Å²) in [6, 6.07) is -0.366. The molecule has 1 aliphatic rings. The van der Waals surface area contributed by atoms with Crippen molar-refractivity contribution < 1.29 is 19.7 Å². The van der Waals surface area contributed by atoms with E-state index in [2.05, 4.69) is 5.32 Å². The molecular weight excluding hydrogens is 224 g/mol. The van der Waals surface area contributed by atoms with Gasteiger partial charge in [-0.15, -0.1) is 0 Å². The lowest BCUT2D eigenvalue weighted by molar-refractivity contribution is -0.134. The highest BCUT2D eigenvalue weighted by Crippen LogP contribution is 2.28. The fourth-order valence-corrected chi connectivity index (χ4v) is 1.75. The molecule has 1 saturated heterocycles. The van der Waals surface area contributed by atoms with Gasteiger partial charge in [-0.25, -0.2) is 0 Å². The Bertz CT molecular complexity index is 272. The quantitative estimate of drug-likeness (QED) is 0.477. The molecule has 0 aliphatic carbocycles. The van der Waals surface area contributed by atoms with Crippen LogP contribution < -0.4 is 11.1 Å². The number of aliphatic hydroxyl groups is 2. The summed E-state index contributed by atoms with van der Waals surface area (Å²) < 4.78 is 5.20. The molecule has 0 radical (unpaired) electrons. The summed E-state index contributed by atoms with van der Waals surface area (Å²) in [5.74, 6) is -0.285. The van der Waals surface area contributed by atoms with Gasteiger partial charge < -0.3 is 26.0 Å². The normalized spacial score (nSPS) is 29.4. The zero-order valence-electron chi connectivity index (χ0n) is 10.4. The highest BCUT2D eigenvalue weighted by Gasteiger charge is 2.46. The Morgan fingerprint density at radius 2 is 2.18 bits per heavy atom. The van der Waals surface area contributed by atoms with Crippen LogP contribution in [0, 0.1) is 5.41 Å². The van der Waals surface area contributed by atoms with E-state index in [1.165, 1.54) is 0 Å². The molecule has 6 heteroatoms. The molecule has 6 nitrogen and oxygen atoms in total. The number of aliphatic hydroxyl groups excluding tert-OH is 2. The molecule has 0 aromatic carbocycles. The number of amides is 1. The third-order valence-electron chi connectivity index (χ3n) is 3.70. The van der Waals surface area contributed by atoms with E-state index in [1.807, 2.05) is 0 Å². The molecule has 17 heavy (non-hydrogen) atoms. The lowest BCUT2D eigenvalue weighted by Gasteiger charge is -2.35. The maximum absolute atomic E-state index is 12.2. The van der Waals surface area contributed by atoms with Crippen molar-refractivity contribution in [1.29, 1.82) is 0 Å². The van der Waals surface area contributed by atoms with E-state index in [0.717, 1.165) is 0 Å². The first-order valence-corrected chi connectivity index (χ1v) is 5.82. The first-order valence-electron chi connectivity index (χ1n) is 5.82. The van der Waals surface area contributed by atoms with E-state index >= 15 is 0 Å². The van der Waals surface area contributed by atoms with Crippen molar-refractivity contribution in [2.24, 2.45) is 11.1 Å².